The number of aryl methyl sites for hydroxylation is 1. The Hall–Kier alpha value is -3.20. The number of benzene rings is 2. The Balaban J connectivity index is 1.42. The van der Waals surface area contributed by atoms with Crippen molar-refractivity contribution in [1.82, 2.24) is 0 Å². The van der Waals surface area contributed by atoms with Gasteiger partial charge in [-0.25, -0.2) is 0 Å². The number of rotatable bonds is 7. The second-order valence-electron chi connectivity index (χ2n) is 7.71. The van der Waals surface area contributed by atoms with E-state index in [0.717, 1.165) is 44.0 Å². The predicted molar refractivity (Wildman–Crippen MR) is 127 cm³/mol. The van der Waals surface area contributed by atoms with Crippen molar-refractivity contribution >= 4 is 11.4 Å². The Morgan fingerprint density at radius 2 is 1.40 bits per heavy atom. The summed E-state index contributed by atoms with van der Waals surface area (Å²) in [6.07, 6.45) is 15.6. The molecule has 4 rings (SSSR count). The highest BCUT2D eigenvalue weighted by Crippen LogP contribution is 2.31. The van der Waals surface area contributed by atoms with Gasteiger partial charge < -0.3 is 14.5 Å². The molecule has 2 aromatic carbocycles. The summed E-state index contributed by atoms with van der Waals surface area (Å²) in [6, 6.07) is 16.8. The van der Waals surface area contributed by atoms with Gasteiger partial charge in [0.2, 0.25) is 0 Å². The van der Waals surface area contributed by atoms with Gasteiger partial charge in [-0.05, 0) is 60.4 Å². The second-order valence-corrected chi connectivity index (χ2v) is 7.71. The standard InChI is InChI=1S/C27H30N2O/c1-3-4-21-30-27-12-8-7-11-26(27)29-19-15-24(16-20-29)23-13-17-28(18-14-23)25-10-6-5-9-22(25)2/h5-17,19H,3-4,18,20-21H2,1-2H3. The van der Waals surface area contributed by atoms with Crippen LogP contribution in [0.1, 0.15) is 25.3 Å². The van der Waals surface area contributed by atoms with Crippen molar-refractivity contribution < 1.29 is 4.74 Å². The van der Waals surface area contributed by atoms with Crippen LogP contribution in [0.3, 0.4) is 0 Å². The Bertz CT molecular complexity index is 999. The minimum absolute atomic E-state index is 0.765. The number of allylic oxidation sites excluding steroid dienone is 4. The van der Waals surface area contributed by atoms with E-state index in [4.69, 9.17) is 4.74 Å². The summed E-state index contributed by atoms with van der Waals surface area (Å²) in [4.78, 5) is 4.54. The van der Waals surface area contributed by atoms with E-state index >= 15 is 0 Å². The molecule has 154 valence electrons. The van der Waals surface area contributed by atoms with Crippen molar-refractivity contribution in [3.8, 4) is 5.75 Å². The lowest BCUT2D eigenvalue weighted by molar-refractivity contribution is 0.310. The molecule has 0 N–H and O–H groups in total. The summed E-state index contributed by atoms with van der Waals surface area (Å²) < 4.78 is 6.01. The number of hydrogen-bond acceptors (Lipinski definition) is 3. The molecule has 0 aromatic heterocycles. The van der Waals surface area contributed by atoms with Gasteiger partial charge in [0, 0.05) is 31.2 Å². The summed E-state index contributed by atoms with van der Waals surface area (Å²) in [7, 11) is 0. The zero-order valence-corrected chi connectivity index (χ0v) is 17.9. The first-order valence-corrected chi connectivity index (χ1v) is 10.8. The molecule has 0 saturated carbocycles. The van der Waals surface area contributed by atoms with Gasteiger partial charge in [-0.1, -0.05) is 55.8 Å². The number of para-hydroxylation sites is 3. The molecule has 0 spiro atoms. The van der Waals surface area contributed by atoms with E-state index in [0.29, 0.717) is 0 Å². The van der Waals surface area contributed by atoms with Gasteiger partial charge in [0.25, 0.3) is 0 Å². The van der Waals surface area contributed by atoms with E-state index in [1.54, 1.807) is 0 Å². The van der Waals surface area contributed by atoms with Crippen molar-refractivity contribution in [2.75, 3.05) is 29.5 Å². The van der Waals surface area contributed by atoms with E-state index in [1.165, 1.54) is 22.4 Å². The van der Waals surface area contributed by atoms with E-state index < -0.39 is 0 Å². The second kappa shape index (κ2) is 9.53. The third-order valence-corrected chi connectivity index (χ3v) is 5.57. The van der Waals surface area contributed by atoms with Crippen LogP contribution in [0.4, 0.5) is 11.4 Å². The van der Waals surface area contributed by atoms with Crippen LogP contribution in [0.25, 0.3) is 0 Å². The number of anilines is 2. The molecule has 2 aliphatic rings. The number of ether oxygens (including phenoxy) is 1. The van der Waals surface area contributed by atoms with Crippen LogP contribution >= 0.6 is 0 Å². The van der Waals surface area contributed by atoms with Crippen molar-refractivity contribution in [1.29, 1.82) is 0 Å². The lowest BCUT2D eigenvalue weighted by Gasteiger charge is -2.27. The van der Waals surface area contributed by atoms with Crippen LogP contribution in [0.5, 0.6) is 5.75 Å². The monoisotopic (exact) mass is 398 g/mol. The van der Waals surface area contributed by atoms with Crippen LogP contribution < -0.4 is 14.5 Å². The molecule has 2 heterocycles. The largest absolute Gasteiger partial charge is 0.491 e. The zero-order valence-electron chi connectivity index (χ0n) is 17.9. The molecule has 0 saturated heterocycles. The van der Waals surface area contributed by atoms with E-state index in [-0.39, 0.29) is 0 Å². The normalized spacial score (nSPS) is 15.8. The van der Waals surface area contributed by atoms with Gasteiger partial charge in [-0.15, -0.1) is 0 Å². The molecule has 0 bridgehead atoms. The summed E-state index contributed by atoms with van der Waals surface area (Å²) in [5.41, 5.74) is 6.24. The lowest BCUT2D eigenvalue weighted by atomic mass is 10.0. The molecular weight excluding hydrogens is 368 g/mol. The Labute approximate surface area is 180 Å². The summed E-state index contributed by atoms with van der Waals surface area (Å²) in [5, 5.41) is 0. The van der Waals surface area contributed by atoms with Crippen LogP contribution in [-0.2, 0) is 0 Å². The van der Waals surface area contributed by atoms with E-state index in [9.17, 15) is 0 Å². The van der Waals surface area contributed by atoms with Gasteiger partial charge in [0.1, 0.15) is 5.75 Å². The van der Waals surface area contributed by atoms with Crippen molar-refractivity contribution in [2.45, 2.75) is 26.7 Å². The SMILES string of the molecule is CCCCOc1ccccc1N1C=CC(C2=CCN(c3ccccc3C)C=C2)=CC1. The maximum atomic E-state index is 6.01. The van der Waals surface area contributed by atoms with Gasteiger partial charge in [0.15, 0.2) is 0 Å². The minimum atomic E-state index is 0.765. The molecule has 3 nitrogen and oxygen atoms in total. The van der Waals surface area contributed by atoms with Gasteiger partial charge in [-0.3, -0.25) is 0 Å². The van der Waals surface area contributed by atoms with Crippen LogP contribution in [0.15, 0.2) is 96.4 Å². The Morgan fingerprint density at radius 1 is 0.800 bits per heavy atom. The number of nitrogens with zero attached hydrogens (tertiary/aromatic N) is 2. The molecular formula is C27H30N2O. The van der Waals surface area contributed by atoms with Crippen molar-refractivity contribution in [3.63, 3.8) is 0 Å². The van der Waals surface area contributed by atoms with E-state index in [2.05, 4.69) is 103 Å². The molecule has 0 amide bonds. The predicted octanol–water partition coefficient (Wildman–Crippen LogP) is 6.39. The molecule has 0 fully saturated rings. The first-order valence-electron chi connectivity index (χ1n) is 10.8. The fraction of sp³-hybridized carbons (Fsp3) is 0.259. The van der Waals surface area contributed by atoms with Gasteiger partial charge in [-0.2, -0.15) is 0 Å². The van der Waals surface area contributed by atoms with Crippen LogP contribution in [0, 0.1) is 6.92 Å². The van der Waals surface area contributed by atoms with Crippen molar-refractivity contribution in [2.24, 2.45) is 0 Å². The first kappa shape index (κ1) is 20.1. The quantitative estimate of drug-likeness (QED) is 0.502. The summed E-state index contributed by atoms with van der Waals surface area (Å²) in [5.74, 6) is 0.957. The smallest absolute Gasteiger partial charge is 0.142 e. The van der Waals surface area contributed by atoms with Gasteiger partial charge in [0.05, 0.1) is 12.3 Å². The molecule has 2 aromatic rings. The Kier molecular flexibility index (Phi) is 6.38. The van der Waals surface area contributed by atoms with Crippen molar-refractivity contribution in [3.05, 3.63) is 102 Å². The average molecular weight is 399 g/mol. The molecule has 0 unspecified atom stereocenters. The molecule has 2 aliphatic heterocycles. The van der Waals surface area contributed by atoms with Gasteiger partial charge >= 0.3 is 0 Å². The highest BCUT2D eigenvalue weighted by Gasteiger charge is 2.15. The summed E-state index contributed by atoms with van der Waals surface area (Å²) >= 11 is 0. The number of unbranched alkanes of at least 4 members (excludes halogenated alkanes) is 1. The lowest BCUT2D eigenvalue weighted by Crippen LogP contribution is -2.22. The Morgan fingerprint density at radius 3 is 2.00 bits per heavy atom. The third-order valence-electron chi connectivity index (χ3n) is 5.57. The topological polar surface area (TPSA) is 15.7 Å². The summed E-state index contributed by atoms with van der Waals surface area (Å²) in [6.45, 7) is 6.84. The molecule has 30 heavy (non-hydrogen) atoms. The molecule has 0 atom stereocenters. The molecule has 3 heteroatoms. The zero-order chi connectivity index (χ0) is 20.8. The highest BCUT2D eigenvalue weighted by molar-refractivity contribution is 5.64. The maximum Gasteiger partial charge on any atom is 0.142 e. The minimum Gasteiger partial charge on any atom is -0.491 e. The first-order chi connectivity index (χ1) is 14.8. The van der Waals surface area contributed by atoms with Crippen LogP contribution in [-0.4, -0.2) is 19.7 Å². The fourth-order valence-electron chi connectivity index (χ4n) is 3.81. The maximum absolute atomic E-state index is 6.01. The average Bonchev–Trinajstić information content (AvgIpc) is 2.80. The highest BCUT2D eigenvalue weighted by atomic mass is 16.5. The number of hydrogen-bond donors (Lipinski definition) is 0. The fourth-order valence-corrected chi connectivity index (χ4v) is 3.81. The third kappa shape index (κ3) is 4.51. The molecule has 0 aliphatic carbocycles. The van der Waals surface area contributed by atoms with Crippen LogP contribution in [0.2, 0.25) is 0 Å². The molecule has 0 radical (unpaired) electrons. The van der Waals surface area contributed by atoms with E-state index in [1.807, 2.05) is 6.07 Å².